The molecule has 3 nitrogen and oxygen atoms in total. The molecule has 0 aliphatic heterocycles. The molecule has 1 fully saturated rings. The Morgan fingerprint density at radius 2 is 2.00 bits per heavy atom. The zero-order chi connectivity index (χ0) is 12.1. The van der Waals surface area contributed by atoms with Crippen LogP contribution in [0.5, 0.6) is 0 Å². The Morgan fingerprint density at radius 3 is 2.65 bits per heavy atom. The van der Waals surface area contributed by atoms with Crippen LogP contribution in [-0.2, 0) is 10.0 Å². The number of benzene rings is 1. The van der Waals surface area contributed by atoms with Gasteiger partial charge < -0.3 is 0 Å². The Morgan fingerprint density at radius 1 is 1.29 bits per heavy atom. The molecule has 0 spiro atoms. The van der Waals surface area contributed by atoms with Crippen molar-refractivity contribution in [3.63, 3.8) is 0 Å². The molecule has 3 rings (SSSR count). The Balaban J connectivity index is 2.02. The molecule has 90 valence electrons. The van der Waals surface area contributed by atoms with E-state index < -0.39 is 10.0 Å². The molecule has 17 heavy (non-hydrogen) atoms. The van der Waals surface area contributed by atoms with Crippen LogP contribution in [0.25, 0.3) is 10.1 Å². The van der Waals surface area contributed by atoms with Crippen LogP contribution < -0.4 is 4.72 Å². The molecule has 1 aromatic heterocycles. The molecule has 0 amide bonds. The van der Waals surface area contributed by atoms with Crippen molar-refractivity contribution in [3.8, 4) is 0 Å². The van der Waals surface area contributed by atoms with Gasteiger partial charge >= 0.3 is 0 Å². The van der Waals surface area contributed by atoms with Gasteiger partial charge in [0.2, 0.25) is 0 Å². The second kappa shape index (κ2) is 3.54. The van der Waals surface area contributed by atoms with Gasteiger partial charge in [0.15, 0.2) is 0 Å². The quantitative estimate of drug-likeness (QED) is 0.929. The minimum atomic E-state index is -3.35. The molecule has 0 bridgehead atoms. The lowest BCUT2D eigenvalue weighted by atomic mass is 10.3. The fourth-order valence-corrected chi connectivity index (χ4v) is 4.62. The van der Waals surface area contributed by atoms with E-state index in [2.05, 4.69) is 4.72 Å². The Bertz CT molecular complexity index is 636. The zero-order valence-electron chi connectivity index (χ0n) is 9.43. The van der Waals surface area contributed by atoms with E-state index in [0.29, 0.717) is 4.21 Å². The summed E-state index contributed by atoms with van der Waals surface area (Å²) in [6.07, 6.45) is 1.86. The summed E-state index contributed by atoms with van der Waals surface area (Å²) < 4.78 is 28.5. The number of hydrogen-bond acceptors (Lipinski definition) is 3. The summed E-state index contributed by atoms with van der Waals surface area (Å²) in [5.74, 6) is 0. The van der Waals surface area contributed by atoms with Crippen LogP contribution in [-0.4, -0.2) is 14.0 Å². The number of thiophene rings is 1. The highest BCUT2D eigenvalue weighted by Gasteiger charge is 2.41. The standard InChI is InChI=1S/C12H13NO2S2/c1-12(6-7-12)13-17(14,15)11-8-9-4-2-3-5-10(9)16-11/h2-5,8,13H,6-7H2,1H3. The first kappa shape index (κ1) is 11.2. The molecular weight excluding hydrogens is 254 g/mol. The molecule has 0 saturated heterocycles. The molecule has 1 saturated carbocycles. The largest absolute Gasteiger partial charge is 0.250 e. The third-order valence-electron chi connectivity index (χ3n) is 3.05. The molecule has 0 unspecified atom stereocenters. The highest BCUT2D eigenvalue weighted by atomic mass is 32.2. The fourth-order valence-electron chi connectivity index (χ4n) is 1.75. The van der Waals surface area contributed by atoms with E-state index in [-0.39, 0.29) is 5.54 Å². The topological polar surface area (TPSA) is 46.2 Å². The Hall–Kier alpha value is -0.910. The van der Waals surface area contributed by atoms with E-state index >= 15 is 0 Å². The van der Waals surface area contributed by atoms with E-state index in [4.69, 9.17) is 0 Å². The molecule has 1 aliphatic carbocycles. The van der Waals surface area contributed by atoms with Gasteiger partial charge in [-0.3, -0.25) is 0 Å². The lowest BCUT2D eigenvalue weighted by molar-refractivity contribution is 0.560. The maximum atomic E-state index is 12.2. The average Bonchev–Trinajstić information content (AvgIpc) is 2.81. The lowest BCUT2D eigenvalue weighted by Gasteiger charge is -2.09. The summed E-state index contributed by atoms with van der Waals surface area (Å²) in [6, 6.07) is 9.46. The molecule has 1 aromatic carbocycles. The van der Waals surface area contributed by atoms with Crippen molar-refractivity contribution in [1.29, 1.82) is 0 Å². The molecule has 0 atom stereocenters. The Labute approximate surface area is 105 Å². The first-order valence-electron chi connectivity index (χ1n) is 5.51. The van der Waals surface area contributed by atoms with Gasteiger partial charge in [-0.15, -0.1) is 11.3 Å². The highest BCUT2D eigenvalue weighted by Crippen LogP contribution is 2.37. The van der Waals surface area contributed by atoms with Gasteiger partial charge in [-0.25, -0.2) is 13.1 Å². The summed E-state index contributed by atoms with van der Waals surface area (Å²) in [4.78, 5) is 0. The third kappa shape index (κ3) is 2.10. The van der Waals surface area contributed by atoms with Crippen LogP contribution in [0.3, 0.4) is 0 Å². The van der Waals surface area contributed by atoms with E-state index in [9.17, 15) is 8.42 Å². The lowest BCUT2D eigenvalue weighted by Crippen LogP contribution is -2.33. The van der Waals surface area contributed by atoms with Crippen LogP contribution in [0.15, 0.2) is 34.5 Å². The average molecular weight is 267 g/mol. The number of rotatable bonds is 3. The van der Waals surface area contributed by atoms with Crippen LogP contribution in [0.1, 0.15) is 19.8 Å². The Kier molecular flexibility index (Phi) is 2.33. The normalized spacial score (nSPS) is 18.4. The van der Waals surface area contributed by atoms with Gasteiger partial charge in [0.05, 0.1) is 0 Å². The van der Waals surface area contributed by atoms with Gasteiger partial charge in [0.25, 0.3) is 10.0 Å². The van der Waals surface area contributed by atoms with Crippen molar-refractivity contribution in [2.45, 2.75) is 29.5 Å². The van der Waals surface area contributed by atoms with Crippen LogP contribution in [0.2, 0.25) is 0 Å². The maximum absolute atomic E-state index is 12.2. The van der Waals surface area contributed by atoms with E-state index in [1.165, 1.54) is 11.3 Å². The first-order valence-corrected chi connectivity index (χ1v) is 7.81. The molecule has 5 heteroatoms. The van der Waals surface area contributed by atoms with Gasteiger partial charge in [-0.2, -0.15) is 0 Å². The van der Waals surface area contributed by atoms with Crippen LogP contribution in [0, 0.1) is 0 Å². The van der Waals surface area contributed by atoms with Gasteiger partial charge in [-0.05, 0) is 37.3 Å². The minimum absolute atomic E-state index is 0.213. The van der Waals surface area contributed by atoms with Gasteiger partial charge in [0, 0.05) is 10.2 Å². The number of hydrogen-bond donors (Lipinski definition) is 1. The fraction of sp³-hybridized carbons (Fsp3) is 0.333. The summed E-state index contributed by atoms with van der Waals surface area (Å²) in [5, 5.41) is 0.985. The SMILES string of the molecule is CC1(NS(=O)(=O)c2cc3ccccc3s2)CC1. The van der Waals surface area contributed by atoms with Crippen LogP contribution >= 0.6 is 11.3 Å². The van der Waals surface area contributed by atoms with Crippen molar-refractivity contribution in [2.24, 2.45) is 0 Å². The molecule has 1 N–H and O–H groups in total. The predicted molar refractivity (Wildman–Crippen MR) is 69.8 cm³/mol. The molecule has 1 heterocycles. The number of nitrogens with one attached hydrogen (secondary N) is 1. The molecular formula is C12H13NO2S2. The van der Waals surface area contributed by atoms with Crippen molar-refractivity contribution < 1.29 is 8.42 Å². The van der Waals surface area contributed by atoms with Crippen molar-refractivity contribution >= 4 is 31.4 Å². The zero-order valence-corrected chi connectivity index (χ0v) is 11.1. The number of fused-ring (bicyclic) bond motifs is 1. The summed E-state index contributed by atoms with van der Waals surface area (Å²) in [5.41, 5.74) is -0.213. The highest BCUT2D eigenvalue weighted by molar-refractivity contribution is 7.91. The van der Waals surface area contributed by atoms with Crippen LogP contribution in [0.4, 0.5) is 0 Å². The maximum Gasteiger partial charge on any atom is 0.250 e. The monoisotopic (exact) mass is 267 g/mol. The third-order valence-corrected chi connectivity index (χ3v) is 6.28. The predicted octanol–water partition coefficient (Wildman–Crippen LogP) is 2.73. The van der Waals surface area contributed by atoms with E-state index in [1.54, 1.807) is 6.07 Å². The molecule has 1 aliphatic rings. The second-order valence-electron chi connectivity index (χ2n) is 4.77. The summed E-state index contributed by atoms with van der Waals surface area (Å²) >= 11 is 1.32. The van der Waals surface area contributed by atoms with Crippen molar-refractivity contribution in [2.75, 3.05) is 0 Å². The summed E-state index contributed by atoms with van der Waals surface area (Å²) in [6.45, 7) is 1.94. The smallest absolute Gasteiger partial charge is 0.206 e. The van der Waals surface area contributed by atoms with E-state index in [1.807, 2.05) is 31.2 Å². The summed E-state index contributed by atoms with van der Waals surface area (Å²) in [7, 11) is -3.35. The van der Waals surface area contributed by atoms with Crippen molar-refractivity contribution in [3.05, 3.63) is 30.3 Å². The minimum Gasteiger partial charge on any atom is -0.206 e. The van der Waals surface area contributed by atoms with Gasteiger partial charge in [-0.1, -0.05) is 18.2 Å². The number of sulfonamides is 1. The first-order chi connectivity index (χ1) is 7.99. The van der Waals surface area contributed by atoms with Gasteiger partial charge in [0.1, 0.15) is 4.21 Å². The second-order valence-corrected chi connectivity index (χ2v) is 7.76. The molecule has 0 radical (unpaired) electrons. The van der Waals surface area contributed by atoms with Crippen molar-refractivity contribution in [1.82, 2.24) is 4.72 Å². The van der Waals surface area contributed by atoms with E-state index in [0.717, 1.165) is 22.9 Å². The molecule has 2 aromatic rings.